The number of rotatable bonds is 10. The summed E-state index contributed by atoms with van der Waals surface area (Å²) in [6.07, 6.45) is 6.11. The number of benzene rings is 4. The molecule has 2 aromatic heterocycles. The van der Waals surface area contributed by atoms with Crippen molar-refractivity contribution < 1.29 is 19.1 Å². The van der Waals surface area contributed by atoms with E-state index in [4.69, 9.17) is 9.47 Å². The third-order valence-corrected chi connectivity index (χ3v) is 9.68. The molecule has 2 aliphatic rings. The Balaban J connectivity index is 0.981. The lowest BCUT2D eigenvalue weighted by molar-refractivity contribution is -0.167. The molecule has 8 heteroatoms. The van der Waals surface area contributed by atoms with Crippen LogP contribution in [0.1, 0.15) is 51.9 Å². The second kappa shape index (κ2) is 16.2. The molecule has 0 saturated carbocycles. The van der Waals surface area contributed by atoms with Crippen LogP contribution < -0.4 is 9.47 Å². The van der Waals surface area contributed by atoms with Gasteiger partial charge in [0.2, 0.25) is 12.2 Å². The van der Waals surface area contributed by atoms with Gasteiger partial charge < -0.3 is 19.3 Å². The quantitative estimate of drug-likeness (QED) is 0.112. The third-order valence-electron chi connectivity index (χ3n) is 9.68. The molecule has 6 aromatic rings. The molecule has 0 spiro atoms. The lowest BCUT2D eigenvalue weighted by atomic mass is 9.88. The molecular weight excluding hydrogens is 685 g/mol. The number of β-lactam (4-membered cyclic amide) rings is 2. The van der Waals surface area contributed by atoms with Crippen LogP contribution in [0.3, 0.4) is 0 Å². The van der Waals surface area contributed by atoms with E-state index in [0.717, 1.165) is 33.4 Å². The molecule has 4 heterocycles. The standard InChI is InChI=1S/C47H36N4O4/c52-46-44(54-40-8-3-1-4-9-40)42(38-20-16-34(17-21-38)12-14-36-24-28-48-29-25-36)50(46)32-7-33-51-43(45(47(51)53)55-41-10-5-2-6-11-41)39-22-18-35(19-23-39)13-15-37-26-30-49-31-27-37/h1-6,8-11,16-31,42-45H,7,32-33H2/t42-,43+,44+,45-. The van der Waals surface area contributed by atoms with Gasteiger partial charge in [-0.15, -0.1) is 0 Å². The third kappa shape index (κ3) is 7.95. The zero-order valence-electron chi connectivity index (χ0n) is 29.9. The highest BCUT2D eigenvalue weighted by Gasteiger charge is 2.52. The summed E-state index contributed by atoms with van der Waals surface area (Å²) in [4.78, 5) is 39.1. The lowest BCUT2D eigenvalue weighted by Gasteiger charge is -2.49. The predicted molar refractivity (Wildman–Crippen MR) is 209 cm³/mol. The highest BCUT2D eigenvalue weighted by atomic mass is 16.5. The fraction of sp³-hybridized carbons (Fsp3) is 0.149. The molecule has 4 atom stereocenters. The number of carbonyl (C=O) groups excluding carboxylic acids is 2. The van der Waals surface area contributed by atoms with E-state index >= 15 is 0 Å². The molecule has 0 radical (unpaired) electrons. The molecule has 0 unspecified atom stereocenters. The van der Waals surface area contributed by atoms with Gasteiger partial charge in [0.25, 0.3) is 11.8 Å². The van der Waals surface area contributed by atoms with Gasteiger partial charge in [-0.05, 0) is 90.3 Å². The first kappa shape index (κ1) is 34.9. The van der Waals surface area contributed by atoms with E-state index in [1.807, 2.05) is 143 Å². The second-order valence-electron chi connectivity index (χ2n) is 13.2. The van der Waals surface area contributed by atoms with Crippen LogP contribution in [0.4, 0.5) is 0 Å². The second-order valence-corrected chi connectivity index (χ2v) is 13.2. The van der Waals surface area contributed by atoms with Gasteiger partial charge >= 0.3 is 0 Å². The minimum Gasteiger partial charge on any atom is -0.478 e. The first-order valence-electron chi connectivity index (χ1n) is 18.2. The molecule has 2 saturated heterocycles. The first-order chi connectivity index (χ1) is 27.1. The minimum atomic E-state index is -0.668. The summed E-state index contributed by atoms with van der Waals surface area (Å²) >= 11 is 0. The van der Waals surface area contributed by atoms with E-state index in [-0.39, 0.29) is 23.9 Å². The number of pyridine rings is 2. The average molecular weight is 721 g/mol. The van der Waals surface area contributed by atoms with E-state index in [1.165, 1.54) is 0 Å². The van der Waals surface area contributed by atoms with Gasteiger partial charge in [-0.25, -0.2) is 0 Å². The number of para-hydroxylation sites is 2. The summed E-state index contributed by atoms with van der Waals surface area (Å²) in [5.41, 5.74) is 5.40. The smallest absolute Gasteiger partial charge is 0.266 e. The Hall–Kier alpha value is -7.16. The highest BCUT2D eigenvalue weighted by Crippen LogP contribution is 2.40. The van der Waals surface area contributed by atoms with Crippen LogP contribution in [-0.2, 0) is 9.59 Å². The van der Waals surface area contributed by atoms with E-state index in [2.05, 4.69) is 33.6 Å². The Kier molecular flexibility index (Phi) is 10.3. The van der Waals surface area contributed by atoms with E-state index in [9.17, 15) is 9.59 Å². The number of likely N-dealkylation sites (tertiary alicyclic amines) is 2. The Morgan fingerprint density at radius 3 is 1.16 bits per heavy atom. The van der Waals surface area contributed by atoms with Crippen LogP contribution in [0, 0.1) is 23.7 Å². The van der Waals surface area contributed by atoms with E-state index in [1.54, 1.807) is 24.8 Å². The van der Waals surface area contributed by atoms with Crippen LogP contribution in [0.5, 0.6) is 11.5 Å². The van der Waals surface area contributed by atoms with Crippen molar-refractivity contribution in [1.82, 2.24) is 19.8 Å². The minimum absolute atomic E-state index is 0.0874. The number of carbonyl (C=O) groups is 2. The van der Waals surface area contributed by atoms with Crippen LogP contribution in [-0.4, -0.2) is 56.9 Å². The Morgan fingerprint density at radius 2 is 0.800 bits per heavy atom. The highest BCUT2D eigenvalue weighted by molar-refractivity contribution is 5.90. The number of hydrogen-bond acceptors (Lipinski definition) is 6. The molecule has 0 aliphatic carbocycles. The van der Waals surface area contributed by atoms with Gasteiger partial charge in [0.1, 0.15) is 23.6 Å². The summed E-state index contributed by atoms with van der Waals surface area (Å²) in [7, 11) is 0. The van der Waals surface area contributed by atoms with Gasteiger partial charge in [-0.3, -0.25) is 19.6 Å². The number of amides is 2. The zero-order valence-corrected chi connectivity index (χ0v) is 29.9. The van der Waals surface area contributed by atoms with Gasteiger partial charge in [0.15, 0.2) is 0 Å². The molecule has 0 bridgehead atoms. The van der Waals surface area contributed by atoms with Crippen LogP contribution in [0.25, 0.3) is 0 Å². The van der Waals surface area contributed by atoms with Gasteiger partial charge in [-0.1, -0.05) is 84.3 Å². The van der Waals surface area contributed by atoms with Crippen LogP contribution >= 0.6 is 0 Å². The van der Waals surface area contributed by atoms with E-state index < -0.39 is 12.2 Å². The summed E-state index contributed by atoms with van der Waals surface area (Å²) < 4.78 is 12.5. The van der Waals surface area contributed by atoms with Crippen LogP contribution in [0.15, 0.2) is 158 Å². The van der Waals surface area contributed by atoms with Crippen LogP contribution in [0.2, 0.25) is 0 Å². The van der Waals surface area contributed by atoms with Crippen molar-refractivity contribution in [3.63, 3.8) is 0 Å². The average Bonchev–Trinajstić information content (AvgIpc) is 3.25. The fourth-order valence-corrected chi connectivity index (χ4v) is 6.86. The molecule has 0 N–H and O–H groups in total. The van der Waals surface area contributed by atoms with Crippen molar-refractivity contribution >= 4 is 11.8 Å². The van der Waals surface area contributed by atoms with E-state index in [0.29, 0.717) is 31.0 Å². The van der Waals surface area contributed by atoms with Crippen molar-refractivity contribution in [1.29, 1.82) is 0 Å². The summed E-state index contributed by atoms with van der Waals surface area (Å²) in [6, 6.07) is 41.6. The molecule has 8 nitrogen and oxygen atoms in total. The maximum absolute atomic E-state index is 13.7. The maximum Gasteiger partial charge on any atom is 0.266 e. The Bertz CT molecular complexity index is 2200. The van der Waals surface area contributed by atoms with Crippen molar-refractivity contribution in [2.75, 3.05) is 13.1 Å². The fourth-order valence-electron chi connectivity index (χ4n) is 6.86. The molecule has 2 amide bonds. The SMILES string of the molecule is O=C1[C@@H](Oc2ccccc2)[C@@H](c2ccc(C#Cc3ccncc3)cc2)N1CCCN1C(=O)[C@H](Oc2ccccc2)[C@@H]1c1ccc(C#Cc2ccncc2)cc1. The summed E-state index contributed by atoms with van der Waals surface area (Å²) in [5, 5.41) is 0. The number of nitrogens with zero attached hydrogens (tertiary/aromatic N) is 4. The number of ether oxygens (including phenoxy) is 2. The molecule has 2 aliphatic heterocycles. The molecular formula is C47H36N4O4. The molecule has 4 aromatic carbocycles. The lowest BCUT2D eigenvalue weighted by Crippen LogP contribution is -2.63. The Morgan fingerprint density at radius 1 is 0.455 bits per heavy atom. The molecule has 8 rings (SSSR count). The monoisotopic (exact) mass is 720 g/mol. The van der Waals surface area contributed by atoms with Gasteiger partial charge in [0, 0.05) is 60.1 Å². The predicted octanol–water partition coefficient (Wildman–Crippen LogP) is 7.03. The molecule has 55 heavy (non-hydrogen) atoms. The normalized spacial score (nSPS) is 18.5. The topological polar surface area (TPSA) is 84.9 Å². The Labute approximate surface area is 320 Å². The van der Waals surface area contributed by atoms with Gasteiger partial charge in [0.05, 0.1) is 0 Å². The number of aromatic nitrogens is 2. The summed E-state index contributed by atoms with van der Waals surface area (Å²) in [6.45, 7) is 0.901. The van der Waals surface area contributed by atoms with Crippen molar-refractivity contribution in [2.45, 2.75) is 30.7 Å². The van der Waals surface area contributed by atoms with Crippen molar-refractivity contribution in [3.8, 4) is 35.2 Å². The number of hydrogen-bond donors (Lipinski definition) is 0. The molecule has 2 fully saturated rings. The van der Waals surface area contributed by atoms with Crippen molar-refractivity contribution in [3.05, 3.63) is 192 Å². The maximum atomic E-state index is 13.7. The van der Waals surface area contributed by atoms with Gasteiger partial charge in [-0.2, -0.15) is 0 Å². The van der Waals surface area contributed by atoms with Crippen molar-refractivity contribution in [2.24, 2.45) is 0 Å². The first-order valence-corrected chi connectivity index (χ1v) is 18.2. The summed E-state index contributed by atoms with van der Waals surface area (Å²) in [5.74, 6) is 13.8. The largest absolute Gasteiger partial charge is 0.478 e. The molecule has 268 valence electrons. The zero-order chi connectivity index (χ0) is 37.4.